The highest BCUT2D eigenvalue weighted by atomic mass is 35.5. The van der Waals surface area contributed by atoms with E-state index in [1.807, 2.05) is 30.3 Å². The van der Waals surface area contributed by atoms with E-state index in [1.165, 1.54) is 0 Å². The monoisotopic (exact) mass is 261 g/mol. The van der Waals surface area contributed by atoms with Crippen molar-refractivity contribution in [3.8, 4) is 0 Å². The minimum absolute atomic E-state index is 0.0888. The van der Waals surface area contributed by atoms with E-state index in [0.29, 0.717) is 10.6 Å². The second kappa shape index (κ2) is 4.09. The van der Waals surface area contributed by atoms with Crippen molar-refractivity contribution in [1.82, 2.24) is 0 Å². The topological polar surface area (TPSA) is 29.1 Å². The van der Waals surface area contributed by atoms with E-state index >= 15 is 0 Å². The van der Waals surface area contributed by atoms with Gasteiger partial charge in [0, 0.05) is 14.8 Å². The summed E-state index contributed by atoms with van der Waals surface area (Å²) in [4.78, 5) is 13.9. The number of benzene rings is 2. The fourth-order valence-electron chi connectivity index (χ4n) is 1.74. The van der Waals surface area contributed by atoms with Gasteiger partial charge in [0.1, 0.15) is 0 Å². The van der Waals surface area contributed by atoms with Crippen molar-refractivity contribution in [3.05, 3.63) is 53.1 Å². The van der Waals surface area contributed by atoms with Crippen LogP contribution in [0.2, 0.25) is 5.02 Å². The molecule has 0 aliphatic carbocycles. The number of anilines is 1. The van der Waals surface area contributed by atoms with Crippen LogP contribution in [0.1, 0.15) is 10.4 Å². The zero-order chi connectivity index (χ0) is 11.8. The maximum Gasteiger partial charge on any atom is 0.256 e. The summed E-state index contributed by atoms with van der Waals surface area (Å²) in [7, 11) is 0. The lowest BCUT2D eigenvalue weighted by Crippen LogP contribution is -2.11. The molecular formula is C13H8ClNOS. The molecule has 2 nitrogen and oxygen atoms in total. The first kappa shape index (κ1) is 10.7. The van der Waals surface area contributed by atoms with Gasteiger partial charge in [0.25, 0.3) is 5.91 Å². The fourth-order valence-corrected chi connectivity index (χ4v) is 3.04. The highest BCUT2D eigenvalue weighted by Gasteiger charge is 2.19. The summed E-state index contributed by atoms with van der Waals surface area (Å²) >= 11 is 7.51. The number of amides is 1. The maximum atomic E-state index is 12.0. The fraction of sp³-hybridized carbons (Fsp3) is 0. The highest BCUT2D eigenvalue weighted by molar-refractivity contribution is 7.99. The Kier molecular flexibility index (Phi) is 2.57. The van der Waals surface area contributed by atoms with E-state index in [9.17, 15) is 4.79 Å². The minimum atomic E-state index is -0.0888. The second-order valence-corrected chi connectivity index (χ2v) is 5.21. The quantitative estimate of drug-likeness (QED) is 0.775. The first-order valence-electron chi connectivity index (χ1n) is 5.12. The van der Waals surface area contributed by atoms with Crippen LogP contribution in [-0.2, 0) is 0 Å². The Bertz CT molecular complexity index is 612. The van der Waals surface area contributed by atoms with Crippen molar-refractivity contribution in [3.63, 3.8) is 0 Å². The van der Waals surface area contributed by atoms with Gasteiger partial charge in [0.05, 0.1) is 11.3 Å². The van der Waals surface area contributed by atoms with Gasteiger partial charge in [-0.3, -0.25) is 4.79 Å². The molecule has 1 amide bonds. The average Bonchev–Trinajstić information content (AvgIpc) is 2.44. The Balaban J connectivity index is 2.18. The van der Waals surface area contributed by atoms with Crippen molar-refractivity contribution < 1.29 is 4.79 Å². The summed E-state index contributed by atoms with van der Waals surface area (Å²) in [6.07, 6.45) is 0. The minimum Gasteiger partial charge on any atom is -0.321 e. The lowest BCUT2D eigenvalue weighted by atomic mass is 10.2. The molecule has 0 bridgehead atoms. The van der Waals surface area contributed by atoms with Crippen molar-refractivity contribution in [2.45, 2.75) is 9.79 Å². The van der Waals surface area contributed by atoms with E-state index in [0.717, 1.165) is 15.5 Å². The molecule has 0 saturated carbocycles. The Hall–Kier alpha value is -1.45. The number of hydrogen-bond acceptors (Lipinski definition) is 2. The molecule has 84 valence electrons. The molecule has 2 aromatic carbocycles. The number of hydrogen-bond donors (Lipinski definition) is 1. The summed E-state index contributed by atoms with van der Waals surface area (Å²) in [5.41, 5.74) is 1.51. The summed E-state index contributed by atoms with van der Waals surface area (Å²) in [6.45, 7) is 0. The molecule has 17 heavy (non-hydrogen) atoms. The molecule has 0 unspecified atom stereocenters. The van der Waals surface area contributed by atoms with Crippen LogP contribution in [0.3, 0.4) is 0 Å². The second-order valence-electron chi connectivity index (χ2n) is 3.69. The molecule has 0 saturated heterocycles. The Morgan fingerprint density at radius 1 is 1.06 bits per heavy atom. The number of nitrogens with one attached hydrogen (secondary N) is 1. The van der Waals surface area contributed by atoms with Gasteiger partial charge in [0.15, 0.2) is 0 Å². The van der Waals surface area contributed by atoms with Crippen LogP contribution in [0.5, 0.6) is 0 Å². The van der Waals surface area contributed by atoms with E-state index in [2.05, 4.69) is 5.32 Å². The number of carbonyl (C=O) groups is 1. The summed E-state index contributed by atoms with van der Waals surface area (Å²) in [5.74, 6) is -0.0888. The van der Waals surface area contributed by atoms with Crippen molar-refractivity contribution in [2.75, 3.05) is 5.32 Å². The summed E-state index contributed by atoms with van der Waals surface area (Å²) < 4.78 is 0. The molecule has 2 aromatic rings. The summed E-state index contributed by atoms with van der Waals surface area (Å²) in [5, 5.41) is 3.54. The lowest BCUT2D eigenvalue weighted by Gasteiger charge is -2.03. The number of carbonyl (C=O) groups excluding carboxylic acids is 1. The van der Waals surface area contributed by atoms with Gasteiger partial charge < -0.3 is 5.32 Å². The van der Waals surface area contributed by atoms with Crippen LogP contribution in [-0.4, -0.2) is 5.91 Å². The molecule has 0 aromatic heterocycles. The molecule has 1 heterocycles. The third kappa shape index (κ3) is 1.92. The first-order chi connectivity index (χ1) is 8.24. The van der Waals surface area contributed by atoms with Gasteiger partial charge in [-0.25, -0.2) is 0 Å². The number of para-hydroxylation sites is 1. The molecule has 0 spiro atoms. The molecule has 1 aliphatic heterocycles. The number of fused-ring (bicyclic) bond motifs is 2. The predicted octanol–water partition coefficient (Wildman–Crippen LogP) is 4.06. The smallest absolute Gasteiger partial charge is 0.256 e. The standard InChI is InChI=1S/C13H8ClNOS/c14-8-5-6-9-12(7-8)17-11-4-2-1-3-10(11)15-13(9)16/h1-7H,(H,15,16). The van der Waals surface area contributed by atoms with Gasteiger partial charge in [-0.1, -0.05) is 35.5 Å². The largest absolute Gasteiger partial charge is 0.321 e. The van der Waals surface area contributed by atoms with Gasteiger partial charge in [-0.2, -0.15) is 0 Å². The predicted molar refractivity (Wildman–Crippen MR) is 70.0 cm³/mol. The zero-order valence-corrected chi connectivity index (χ0v) is 10.3. The Labute approximate surface area is 108 Å². The number of halogens is 1. The van der Waals surface area contributed by atoms with Crippen LogP contribution < -0.4 is 5.32 Å². The molecule has 4 heteroatoms. The normalized spacial score (nSPS) is 13.4. The Morgan fingerprint density at radius 2 is 1.88 bits per heavy atom. The maximum absolute atomic E-state index is 12.0. The van der Waals surface area contributed by atoms with Crippen LogP contribution >= 0.6 is 23.4 Å². The van der Waals surface area contributed by atoms with E-state index in [-0.39, 0.29) is 5.91 Å². The third-order valence-electron chi connectivity index (χ3n) is 2.54. The van der Waals surface area contributed by atoms with E-state index in [4.69, 9.17) is 11.6 Å². The average molecular weight is 262 g/mol. The van der Waals surface area contributed by atoms with E-state index in [1.54, 1.807) is 23.9 Å². The third-order valence-corrected chi connectivity index (χ3v) is 3.91. The molecular weight excluding hydrogens is 254 g/mol. The number of rotatable bonds is 0. The molecule has 1 aliphatic rings. The SMILES string of the molecule is O=C1Nc2ccccc2Sc2cc(Cl)ccc21. The van der Waals surface area contributed by atoms with Crippen molar-refractivity contribution >= 4 is 35.0 Å². The first-order valence-corrected chi connectivity index (χ1v) is 6.31. The zero-order valence-electron chi connectivity index (χ0n) is 8.74. The summed E-state index contributed by atoms with van der Waals surface area (Å²) in [6, 6.07) is 13.0. The van der Waals surface area contributed by atoms with Gasteiger partial charge in [-0.15, -0.1) is 0 Å². The molecule has 0 fully saturated rings. The highest BCUT2D eigenvalue weighted by Crippen LogP contribution is 2.39. The molecule has 3 rings (SSSR count). The molecule has 0 atom stereocenters. The van der Waals surface area contributed by atoms with Crippen LogP contribution in [0, 0.1) is 0 Å². The molecule has 1 N–H and O–H groups in total. The molecule has 0 radical (unpaired) electrons. The van der Waals surface area contributed by atoms with Gasteiger partial charge >= 0.3 is 0 Å². The Morgan fingerprint density at radius 3 is 2.76 bits per heavy atom. The lowest BCUT2D eigenvalue weighted by molar-refractivity contribution is 0.102. The van der Waals surface area contributed by atoms with Crippen molar-refractivity contribution in [2.24, 2.45) is 0 Å². The van der Waals surface area contributed by atoms with E-state index < -0.39 is 0 Å². The van der Waals surface area contributed by atoms with Crippen molar-refractivity contribution in [1.29, 1.82) is 0 Å². The van der Waals surface area contributed by atoms with Gasteiger partial charge in [0.2, 0.25) is 0 Å². The van der Waals surface area contributed by atoms with Crippen LogP contribution in [0.25, 0.3) is 0 Å². The van der Waals surface area contributed by atoms with Gasteiger partial charge in [-0.05, 0) is 30.3 Å². The van der Waals surface area contributed by atoms with Crippen LogP contribution in [0.15, 0.2) is 52.3 Å². The van der Waals surface area contributed by atoms with Crippen LogP contribution in [0.4, 0.5) is 5.69 Å².